The molecule has 0 bridgehead atoms. The fourth-order valence-corrected chi connectivity index (χ4v) is 4.27. The van der Waals surface area contributed by atoms with Crippen molar-refractivity contribution in [2.75, 3.05) is 0 Å². The molecule has 0 aliphatic heterocycles. The van der Waals surface area contributed by atoms with Crippen LogP contribution in [0.3, 0.4) is 0 Å². The van der Waals surface area contributed by atoms with Crippen molar-refractivity contribution in [2.45, 2.75) is 16.3 Å². The van der Waals surface area contributed by atoms with Gasteiger partial charge in [-0.3, -0.25) is 14.8 Å². The standard InChI is InChI=1S/C12H9ClN4O2S2/c1-6-10(17(18)19)11(16(2)15-6)21-12-14-8-5-7(13)3-4-9(8)20-12/h3-5H,1-2H3. The van der Waals surface area contributed by atoms with Crippen molar-refractivity contribution in [3.05, 3.63) is 39.0 Å². The molecule has 0 saturated heterocycles. The second kappa shape index (κ2) is 5.28. The van der Waals surface area contributed by atoms with E-state index in [9.17, 15) is 10.1 Å². The minimum Gasteiger partial charge on any atom is -0.258 e. The molecule has 0 unspecified atom stereocenters. The largest absolute Gasteiger partial charge is 0.324 e. The summed E-state index contributed by atoms with van der Waals surface area (Å²) in [7, 11) is 1.69. The molecule has 21 heavy (non-hydrogen) atoms. The molecule has 6 nitrogen and oxygen atoms in total. The molecule has 0 saturated carbocycles. The van der Waals surface area contributed by atoms with Crippen molar-refractivity contribution >= 4 is 50.6 Å². The van der Waals surface area contributed by atoms with Gasteiger partial charge >= 0.3 is 5.69 Å². The van der Waals surface area contributed by atoms with Crippen LogP contribution in [0.2, 0.25) is 5.02 Å². The van der Waals surface area contributed by atoms with Crippen molar-refractivity contribution in [2.24, 2.45) is 7.05 Å². The number of thiazole rings is 1. The van der Waals surface area contributed by atoms with E-state index in [1.54, 1.807) is 26.1 Å². The number of benzene rings is 1. The normalized spacial score (nSPS) is 11.2. The summed E-state index contributed by atoms with van der Waals surface area (Å²) in [5.74, 6) is 0. The van der Waals surface area contributed by atoms with E-state index < -0.39 is 4.92 Å². The maximum atomic E-state index is 11.2. The van der Waals surface area contributed by atoms with Gasteiger partial charge in [0.1, 0.15) is 5.69 Å². The fraction of sp³-hybridized carbons (Fsp3) is 0.167. The predicted molar refractivity (Wildman–Crippen MR) is 83.4 cm³/mol. The molecule has 0 N–H and O–H groups in total. The molecule has 1 aromatic carbocycles. The Morgan fingerprint density at radius 1 is 1.48 bits per heavy atom. The smallest absolute Gasteiger partial charge is 0.258 e. The molecule has 3 aromatic rings. The highest BCUT2D eigenvalue weighted by Gasteiger charge is 2.25. The number of fused-ring (bicyclic) bond motifs is 1. The molecule has 0 amide bonds. The van der Waals surface area contributed by atoms with Crippen molar-refractivity contribution in [1.82, 2.24) is 14.8 Å². The maximum absolute atomic E-state index is 11.2. The number of aryl methyl sites for hydroxylation is 2. The molecule has 3 rings (SSSR count). The van der Waals surface area contributed by atoms with Crippen molar-refractivity contribution in [3.63, 3.8) is 0 Å². The van der Waals surface area contributed by atoms with Gasteiger partial charge < -0.3 is 0 Å². The Labute approximate surface area is 132 Å². The van der Waals surface area contributed by atoms with E-state index >= 15 is 0 Å². The lowest BCUT2D eigenvalue weighted by Gasteiger charge is -1.97. The summed E-state index contributed by atoms with van der Waals surface area (Å²) in [6, 6.07) is 5.47. The van der Waals surface area contributed by atoms with Gasteiger partial charge in [0.15, 0.2) is 9.37 Å². The maximum Gasteiger partial charge on any atom is 0.324 e. The van der Waals surface area contributed by atoms with Gasteiger partial charge in [-0.1, -0.05) is 11.6 Å². The number of aromatic nitrogens is 3. The summed E-state index contributed by atoms with van der Waals surface area (Å²) < 4.78 is 3.22. The lowest BCUT2D eigenvalue weighted by Crippen LogP contribution is -1.94. The minimum absolute atomic E-state index is 0.0276. The summed E-state index contributed by atoms with van der Waals surface area (Å²) in [5, 5.41) is 16.4. The first kappa shape index (κ1) is 14.3. The second-order valence-corrected chi connectivity index (χ2v) is 7.02. The van der Waals surface area contributed by atoms with Crippen LogP contribution in [0.4, 0.5) is 5.69 Å². The third kappa shape index (κ3) is 2.61. The SMILES string of the molecule is Cc1nn(C)c(Sc2nc3cc(Cl)ccc3s2)c1[N+](=O)[O-]. The number of rotatable bonds is 3. The van der Waals surface area contributed by atoms with E-state index in [1.807, 2.05) is 6.07 Å². The Kier molecular flexibility index (Phi) is 3.60. The van der Waals surface area contributed by atoms with E-state index in [1.165, 1.54) is 27.8 Å². The molecule has 0 radical (unpaired) electrons. The Morgan fingerprint density at radius 2 is 2.24 bits per heavy atom. The van der Waals surface area contributed by atoms with Gasteiger partial charge in [-0.05, 0) is 36.9 Å². The van der Waals surface area contributed by atoms with Gasteiger partial charge in [-0.25, -0.2) is 4.98 Å². The summed E-state index contributed by atoms with van der Waals surface area (Å²) in [4.78, 5) is 15.2. The van der Waals surface area contributed by atoms with E-state index in [4.69, 9.17) is 11.6 Å². The van der Waals surface area contributed by atoms with Crippen LogP contribution in [0.15, 0.2) is 27.6 Å². The first-order valence-electron chi connectivity index (χ1n) is 5.87. The number of nitro groups is 1. The zero-order valence-corrected chi connectivity index (χ0v) is 13.4. The highest BCUT2D eigenvalue weighted by molar-refractivity contribution is 8.01. The number of hydrogen-bond acceptors (Lipinski definition) is 6. The van der Waals surface area contributed by atoms with Crippen molar-refractivity contribution in [3.8, 4) is 0 Å². The van der Waals surface area contributed by atoms with Crippen molar-refractivity contribution < 1.29 is 4.92 Å². The third-order valence-corrected chi connectivity index (χ3v) is 5.32. The van der Waals surface area contributed by atoms with E-state index in [0.29, 0.717) is 15.7 Å². The average Bonchev–Trinajstić information content (AvgIpc) is 2.90. The monoisotopic (exact) mass is 340 g/mol. The van der Waals surface area contributed by atoms with Crippen LogP contribution in [-0.4, -0.2) is 19.7 Å². The summed E-state index contributed by atoms with van der Waals surface area (Å²) in [5.41, 5.74) is 1.21. The molecule has 2 aromatic heterocycles. The van der Waals surface area contributed by atoms with E-state index in [2.05, 4.69) is 10.1 Å². The van der Waals surface area contributed by atoms with Gasteiger partial charge in [-0.15, -0.1) is 11.3 Å². The predicted octanol–water partition coefficient (Wildman–Crippen LogP) is 4.05. The fourth-order valence-electron chi connectivity index (χ4n) is 1.96. The highest BCUT2D eigenvalue weighted by atomic mass is 35.5. The zero-order valence-electron chi connectivity index (χ0n) is 11.0. The highest BCUT2D eigenvalue weighted by Crippen LogP contribution is 2.39. The molecule has 2 heterocycles. The minimum atomic E-state index is -0.408. The van der Waals surface area contributed by atoms with Crippen LogP contribution in [-0.2, 0) is 7.05 Å². The van der Waals surface area contributed by atoms with Crippen LogP contribution < -0.4 is 0 Å². The van der Waals surface area contributed by atoms with E-state index in [0.717, 1.165) is 14.6 Å². The van der Waals surface area contributed by atoms with Crippen LogP contribution in [0.1, 0.15) is 5.69 Å². The molecular weight excluding hydrogens is 332 g/mol. The number of hydrogen-bond donors (Lipinski definition) is 0. The summed E-state index contributed by atoms with van der Waals surface area (Å²) >= 11 is 8.65. The third-order valence-electron chi connectivity index (χ3n) is 2.84. The Hall–Kier alpha value is -1.64. The topological polar surface area (TPSA) is 73.8 Å². The molecule has 108 valence electrons. The summed E-state index contributed by atoms with van der Waals surface area (Å²) in [6.45, 7) is 1.63. The molecule has 0 aliphatic rings. The quantitative estimate of drug-likeness (QED) is 0.531. The van der Waals surface area contributed by atoms with Gasteiger partial charge in [0.25, 0.3) is 0 Å². The van der Waals surface area contributed by atoms with Gasteiger partial charge in [0.05, 0.1) is 15.1 Å². The Bertz CT molecular complexity index is 858. The average molecular weight is 341 g/mol. The molecule has 9 heteroatoms. The molecule has 0 fully saturated rings. The van der Waals surface area contributed by atoms with Gasteiger partial charge in [-0.2, -0.15) is 5.10 Å². The molecule has 0 atom stereocenters. The van der Waals surface area contributed by atoms with Gasteiger partial charge in [0.2, 0.25) is 0 Å². The zero-order chi connectivity index (χ0) is 15.1. The van der Waals surface area contributed by atoms with Gasteiger partial charge in [0, 0.05) is 12.1 Å². The van der Waals surface area contributed by atoms with Crippen molar-refractivity contribution in [1.29, 1.82) is 0 Å². The molecule has 0 aliphatic carbocycles. The van der Waals surface area contributed by atoms with Crippen LogP contribution in [0.5, 0.6) is 0 Å². The lowest BCUT2D eigenvalue weighted by molar-refractivity contribution is -0.388. The lowest BCUT2D eigenvalue weighted by atomic mass is 10.3. The Balaban J connectivity index is 2.04. The molecular formula is C12H9ClN4O2S2. The van der Waals surface area contributed by atoms with Crippen LogP contribution >= 0.6 is 34.7 Å². The second-order valence-electron chi connectivity index (χ2n) is 4.31. The molecule has 0 spiro atoms. The van der Waals surface area contributed by atoms with Crippen LogP contribution in [0, 0.1) is 17.0 Å². The first-order valence-corrected chi connectivity index (χ1v) is 7.88. The van der Waals surface area contributed by atoms with Crippen LogP contribution in [0.25, 0.3) is 10.2 Å². The number of halogens is 1. The Morgan fingerprint density at radius 3 is 2.95 bits per heavy atom. The number of nitrogens with zero attached hydrogens (tertiary/aromatic N) is 4. The van der Waals surface area contributed by atoms with E-state index in [-0.39, 0.29) is 5.69 Å². The summed E-state index contributed by atoms with van der Waals surface area (Å²) in [6.07, 6.45) is 0. The first-order chi connectivity index (χ1) is 9.95.